The Morgan fingerprint density at radius 3 is 2.31 bits per heavy atom. The van der Waals surface area contributed by atoms with E-state index in [0.29, 0.717) is 5.56 Å². The van der Waals surface area contributed by atoms with Crippen molar-refractivity contribution in [1.82, 2.24) is 4.40 Å². The molecule has 14 heteroatoms. The van der Waals surface area contributed by atoms with Crippen molar-refractivity contribution >= 4 is 36.9 Å². The van der Waals surface area contributed by atoms with Crippen LogP contribution in [0.1, 0.15) is 22.3 Å². The van der Waals surface area contributed by atoms with E-state index in [2.05, 4.69) is 9.71 Å². The first-order chi connectivity index (χ1) is 17.8. The molecule has 39 heavy (non-hydrogen) atoms. The van der Waals surface area contributed by atoms with Gasteiger partial charge in [0, 0.05) is 24.4 Å². The van der Waals surface area contributed by atoms with Gasteiger partial charge in [0.1, 0.15) is 16.5 Å². The number of pyridine rings is 2. The number of hydrogen-bond donors (Lipinski definition) is 1. The van der Waals surface area contributed by atoms with E-state index in [0.717, 1.165) is 29.0 Å². The number of sulfone groups is 1. The second-order valence-corrected chi connectivity index (χ2v) is 12.5. The Bertz CT molecular complexity index is 1940. The molecule has 4 aromatic rings. The van der Waals surface area contributed by atoms with E-state index in [-0.39, 0.29) is 63.2 Å². The van der Waals surface area contributed by atoms with E-state index in [1.807, 2.05) is 0 Å². The van der Waals surface area contributed by atoms with Crippen LogP contribution in [0.3, 0.4) is 0 Å². The summed E-state index contributed by atoms with van der Waals surface area (Å²) in [5, 5.41) is 16.0. The van der Waals surface area contributed by atoms with Gasteiger partial charge in [-0.3, -0.25) is 4.79 Å². The molecule has 0 atom stereocenters. The summed E-state index contributed by atoms with van der Waals surface area (Å²) in [6, 6.07) is 11.5. The Hall–Kier alpha value is -3.10. The molecule has 0 spiro atoms. The maximum absolute atomic E-state index is 14.1. The van der Waals surface area contributed by atoms with Gasteiger partial charge in [0.2, 0.25) is 0 Å². The molecule has 1 aliphatic rings. The van der Waals surface area contributed by atoms with Crippen LogP contribution >= 0.6 is 0 Å². The van der Waals surface area contributed by atoms with Gasteiger partial charge in [-0.2, -0.15) is 8.42 Å². The van der Waals surface area contributed by atoms with Crippen LogP contribution in [0.4, 0.5) is 14.5 Å². The van der Waals surface area contributed by atoms with Crippen molar-refractivity contribution < 1.29 is 60.3 Å². The first-order valence-electron chi connectivity index (χ1n) is 11.0. The van der Waals surface area contributed by atoms with Crippen LogP contribution in [0, 0.1) is 11.6 Å². The number of sulfonamides is 1. The SMILES string of the molecule is CS(=O)(=O)Cc1ccc2c(c1)S(=O)(=O)N=C(c1c([O-])n3cc(F)ccc3c(Cc3ccc(F)cc3)c1=O)N2.[Na+]. The third-order valence-electron chi connectivity index (χ3n) is 5.90. The van der Waals surface area contributed by atoms with E-state index < -0.39 is 60.0 Å². The number of nitrogens with zero attached hydrogens (tertiary/aromatic N) is 2. The maximum Gasteiger partial charge on any atom is 1.00 e. The zero-order valence-corrected chi connectivity index (χ0v) is 24.2. The minimum atomic E-state index is -4.46. The van der Waals surface area contributed by atoms with E-state index in [1.165, 1.54) is 42.5 Å². The molecule has 0 fully saturated rings. The van der Waals surface area contributed by atoms with E-state index in [9.17, 15) is 35.5 Å². The van der Waals surface area contributed by atoms with Gasteiger partial charge in [0.05, 0.1) is 22.5 Å². The third kappa shape index (κ3) is 5.77. The first kappa shape index (κ1) is 28.9. The molecular weight excluding hydrogens is 563 g/mol. The second-order valence-electron chi connectivity index (χ2n) is 8.83. The van der Waals surface area contributed by atoms with Crippen molar-refractivity contribution in [1.29, 1.82) is 0 Å². The Balaban J connectivity index is 0.00000353. The normalized spacial score (nSPS) is 14.2. The van der Waals surface area contributed by atoms with Crippen LogP contribution in [-0.2, 0) is 32.0 Å². The molecule has 0 amide bonds. The predicted molar refractivity (Wildman–Crippen MR) is 135 cm³/mol. The van der Waals surface area contributed by atoms with Crippen molar-refractivity contribution in [3.63, 3.8) is 0 Å². The molecule has 0 radical (unpaired) electrons. The molecule has 196 valence electrons. The average molecular weight is 582 g/mol. The number of benzene rings is 2. The van der Waals surface area contributed by atoms with E-state index in [1.54, 1.807) is 0 Å². The average Bonchev–Trinajstić information content (AvgIpc) is 2.82. The van der Waals surface area contributed by atoms with Gasteiger partial charge in [-0.05, 0) is 53.4 Å². The molecule has 2 aromatic carbocycles. The molecule has 5 rings (SSSR count). The molecular formula is C25H18F2N3NaO6S2. The largest absolute Gasteiger partial charge is 1.00 e. The summed E-state index contributed by atoms with van der Waals surface area (Å²) in [4.78, 5) is 13.3. The Kier molecular flexibility index (Phi) is 7.76. The van der Waals surface area contributed by atoms with Crippen molar-refractivity contribution in [3.05, 3.63) is 105 Å². The maximum atomic E-state index is 14.1. The standard InChI is InChI=1S/C25H19F2N3O6S2.Na/c1-37(33,34)13-15-4-8-19-21(11-15)38(35,36)29-24(28-19)22-23(31)18(10-14-2-5-16(26)6-3-14)20-9-7-17(27)12-30(20)25(22)32;/h2-9,11-12,32H,10,13H2,1H3,(H,28,29);/q;+1/p-1. The van der Waals surface area contributed by atoms with Crippen LogP contribution in [0.25, 0.3) is 5.52 Å². The van der Waals surface area contributed by atoms with Crippen LogP contribution in [0.15, 0.2) is 74.9 Å². The van der Waals surface area contributed by atoms with Gasteiger partial charge < -0.3 is 14.8 Å². The van der Waals surface area contributed by atoms with Gasteiger partial charge in [-0.25, -0.2) is 17.2 Å². The fraction of sp³-hybridized carbons (Fsp3) is 0.120. The quantitative estimate of drug-likeness (QED) is 0.310. The number of fused-ring (bicyclic) bond motifs is 2. The molecule has 0 saturated heterocycles. The van der Waals surface area contributed by atoms with Crippen molar-refractivity contribution in [2.45, 2.75) is 17.1 Å². The third-order valence-corrected chi connectivity index (χ3v) is 8.08. The number of anilines is 1. The zero-order chi connectivity index (χ0) is 27.4. The van der Waals surface area contributed by atoms with Gasteiger partial charge >= 0.3 is 29.6 Å². The fourth-order valence-electron chi connectivity index (χ4n) is 4.26. The summed E-state index contributed by atoms with van der Waals surface area (Å²) in [6.45, 7) is 0. The molecule has 9 nitrogen and oxygen atoms in total. The number of halogens is 2. The number of rotatable bonds is 5. The fourth-order valence-corrected chi connectivity index (χ4v) is 6.22. The number of hydrogen-bond acceptors (Lipinski definition) is 7. The van der Waals surface area contributed by atoms with Crippen LogP contribution in [0.5, 0.6) is 5.88 Å². The van der Waals surface area contributed by atoms with Crippen LogP contribution < -0.4 is 45.4 Å². The van der Waals surface area contributed by atoms with E-state index in [4.69, 9.17) is 0 Å². The Morgan fingerprint density at radius 2 is 1.64 bits per heavy atom. The van der Waals surface area contributed by atoms with Crippen LogP contribution in [-0.4, -0.2) is 33.3 Å². The summed E-state index contributed by atoms with van der Waals surface area (Å²) in [5.41, 5.74) is -0.599. The molecule has 0 bridgehead atoms. The summed E-state index contributed by atoms with van der Waals surface area (Å²) in [6.07, 6.45) is 1.82. The number of aromatic nitrogens is 1. The summed E-state index contributed by atoms with van der Waals surface area (Å²) in [5.74, 6) is -3.21. The second kappa shape index (κ2) is 10.5. The van der Waals surface area contributed by atoms with Crippen molar-refractivity contribution in [3.8, 4) is 5.88 Å². The monoisotopic (exact) mass is 581 g/mol. The Labute approximate surface area is 244 Å². The first-order valence-corrected chi connectivity index (χ1v) is 14.5. The number of amidine groups is 1. The van der Waals surface area contributed by atoms with Crippen molar-refractivity contribution in [2.75, 3.05) is 11.6 Å². The molecule has 0 aliphatic carbocycles. The zero-order valence-electron chi connectivity index (χ0n) is 20.6. The Morgan fingerprint density at radius 1 is 1.00 bits per heavy atom. The molecule has 3 heterocycles. The summed E-state index contributed by atoms with van der Waals surface area (Å²) >= 11 is 0. The predicted octanol–water partition coefficient (Wildman–Crippen LogP) is -0.648. The topological polar surface area (TPSA) is 137 Å². The van der Waals surface area contributed by atoms with Gasteiger partial charge in [0.25, 0.3) is 10.0 Å². The molecule has 1 aliphatic heterocycles. The van der Waals surface area contributed by atoms with Crippen LogP contribution in [0.2, 0.25) is 0 Å². The van der Waals surface area contributed by atoms with Gasteiger partial charge in [-0.15, -0.1) is 4.40 Å². The number of nitrogens with one attached hydrogen (secondary N) is 1. The van der Waals surface area contributed by atoms with Crippen molar-refractivity contribution in [2.24, 2.45) is 4.40 Å². The molecule has 2 aromatic heterocycles. The summed E-state index contributed by atoms with van der Waals surface area (Å²) < 4.78 is 81.4. The molecule has 1 N–H and O–H groups in total. The molecule has 0 unspecified atom stereocenters. The minimum absolute atomic E-state index is 0. The van der Waals surface area contributed by atoms with Gasteiger partial charge in [0.15, 0.2) is 21.1 Å². The smallest absolute Gasteiger partial charge is 0.859 e. The minimum Gasteiger partial charge on any atom is -0.859 e. The van der Waals surface area contributed by atoms with E-state index >= 15 is 0 Å². The molecule has 0 saturated carbocycles. The summed E-state index contributed by atoms with van der Waals surface area (Å²) in [7, 11) is -7.91. The van der Waals surface area contributed by atoms with Gasteiger partial charge in [-0.1, -0.05) is 18.2 Å².